The second-order valence-corrected chi connectivity index (χ2v) is 30.9. The van der Waals surface area contributed by atoms with Crippen LogP contribution in [-0.4, -0.2) is 60.0 Å². The van der Waals surface area contributed by atoms with Gasteiger partial charge < -0.3 is 18.9 Å². The summed E-state index contributed by atoms with van der Waals surface area (Å²) in [5.41, 5.74) is 19.0. The number of nitrogens with zero attached hydrogens (tertiary/aromatic N) is 12. The molecule has 0 spiro atoms. The SMILES string of the molecule is CC(C)(C)c1cc2c(OCc3cn(Cc4ccccc4)nn3)c(c1)Cc1cc(C(C)(C)C)cc(c1OCc1cn(Cc3ccccc3)nn1)Cc1cc(C(C)(C)C)cc(c1OCc1cn(Cc3ccccc3)nn1)Cc1cc(C(C)(C)C)cc(c1OCc1cn(Cc3ccccc3)nn1)C2. The van der Waals surface area contributed by atoms with Crippen molar-refractivity contribution in [1.82, 2.24) is 60.0 Å². The van der Waals surface area contributed by atoms with E-state index in [0.717, 1.165) is 89.8 Å². The zero-order valence-corrected chi connectivity index (χ0v) is 60.0. The Morgan fingerprint density at radius 2 is 0.450 bits per heavy atom. The third-order valence-corrected chi connectivity index (χ3v) is 18.5. The summed E-state index contributed by atoms with van der Waals surface area (Å²) >= 11 is 0. The molecule has 0 amide bonds. The van der Waals surface area contributed by atoms with Crippen molar-refractivity contribution in [3.63, 3.8) is 0 Å². The molecule has 12 aromatic rings. The Labute approximate surface area is 588 Å². The first kappa shape index (κ1) is 68.1. The minimum Gasteiger partial charge on any atom is -0.487 e. The molecule has 0 unspecified atom stereocenters. The lowest BCUT2D eigenvalue weighted by atomic mass is 9.79. The topological polar surface area (TPSA) is 160 Å². The van der Waals surface area contributed by atoms with Gasteiger partial charge in [-0.1, -0.05) is 274 Å². The van der Waals surface area contributed by atoms with Crippen molar-refractivity contribution in [3.8, 4) is 23.0 Å². The van der Waals surface area contributed by atoms with E-state index in [1.807, 2.05) is 116 Å². The molecule has 4 aromatic heterocycles. The molecule has 0 saturated heterocycles. The van der Waals surface area contributed by atoms with Gasteiger partial charge in [-0.2, -0.15) is 0 Å². The van der Waals surface area contributed by atoms with Gasteiger partial charge >= 0.3 is 0 Å². The molecule has 8 bridgehead atoms. The van der Waals surface area contributed by atoms with Gasteiger partial charge in [0, 0.05) is 25.7 Å². The van der Waals surface area contributed by atoms with Crippen LogP contribution in [0.4, 0.5) is 0 Å². The van der Waals surface area contributed by atoms with Crippen LogP contribution < -0.4 is 18.9 Å². The van der Waals surface area contributed by atoms with Crippen molar-refractivity contribution in [2.75, 3.05) is 0 Å². The first-order valence-electron chi connectivity index (χ1n) is 34.8. The Hall–Kier alpha value is -10.5. The second-order valence-electron chi connectivity index (χ2n) is 30.9. The number of benzene rings is 8. The minimum atomic E-state index is -0.282. The van der Waals surface area contributed by atoms with Crippen molar-refractivity contribution in [2.24, 2.45) is 0 Å². The zero-order chi connectivity index (χ0) is 69.8. The summed E-state index contributed by atoms with van der Waals surface area (Å²) in [7, 11) is 0. The summed E-state index contributed by atoms with van der Waals surface area (Å²) in [4.78, 5) is 0. The average molecular weight is 1330 g/mol. The van der Waals surface area contributed by atoms with Gasteiger partial charge in [0.05, 0.1) is 51.0 Å². The van der Waals surface area contributed by atoms with E-state index in [-0.39, 0.29) is 48.1 Å². The Morgan fingerprint density at radius 3 is 0.620 bits per heavy atom. The lowest BCUT2D eigenvalue weighted by Crippen LogP contribution is -2.18. The molecule has 1 aliphatic carbocycles. The fraction of sp³-hybridized carbons (Fsp3) is 0.333. The molecular weight excluding hydrogens is 1240 g/mol. The third-order valence-electron chi connectivity index (χ3n) is 18.5. The molecule has 0 fully saturated rings. The Bertz CT molecular complexity index is 4080. The van der Waals surface area contributed by atoms with E-state index < -0.39 is 0 Å². The highest BCUT2D eigenvalue weighted by atomic mass is 16.5. The van der Waals surface area contributed by atoms with Crippen LogP contribution in [0.1, 0.15) is 195 Å². The molecule has 16 nitrogen and oxygen atoms in total. The number of hydrogen-bond acceptors (Lipinski definition) is 12. The molecule has 1 aliphatic rings. The lowest BCUT2D eigenvalue weighted by molar-refractivity contribution is 0.288. The first-order valence-corrected chi connectivity index (χ1v) is 34.8. The van der Waals surface area contributed by atoms with E-state index in [1.165, 1.54) is 22.3 Å². The van der Waals surface area contributed by atoms with E-state index in [0.29, 0.717) is 74.6 Å². The molecule has 0 saturated carbocycles. The van der Waals surface area contributed by atoms with Crippen LogP contribution in [0.3, 0.4) is 0 Å². The largest absolute Gasteiger partial charge is 0.487 e. The van der Waals surface area contributed by atoms with Gasteiger partial charge in [-0.25, -0.2) is 18.7 Å². The predicted octanol–water partition coefficient (Wildman–Crippen LogP) is 16.4. The van der Waals surface area contributed by atoms with Crippen LogP contribution in [0.5, 0.6) is 23.0 Å². The van der Waals surface area contributed by atoms with E-state index in [4.69, 9.17) is 39.3 Å². The predicted molar refractivity (Wildman–Crippen MR) is 391 cm³/mol. The smallest absolute Gasteiger partial charge is 0.134 e. The van der Waals surface area contributed by atoms with Gasteiger partial charge in [0.15, 0.2) is 0 Å². The van der Waals surface area contributed by atoms with Crippen molar-refractivity contribution >= 4 is 0 Å². The van der Waals surface area contributed by atoms with E-state index in [2.05, 4.69) is 201 Å². The Morgan fingerprint density at radius 1 is 0.270 bits per heavy atom. The molecule has 0 atom stereocenters. The molecular formula is C84H92N12O4. The van der Waals surface area contributed by atoms with Crippen LogP contribution >= 0.6 is 0 Å². The van der Waals surface area contributed by atoms with E-state index in [1.54, 1.807) is 0 Å². The van der Waals surface area contributed by atoms with Crippen molar-refractivity contribution in [3.05, 3.63) is 306 Å². The molecule has 0 aliphatic heterocycles. The molecule has 13 rings (SSSR count). The number of hydrogen-bond donors (Lipinski definition) is 0. The maximum atomic E-state index is 7.43. The summed E-state index contributed by atoms with van der Waals surface area (Å²) in [5, 5.41) is 37.4. The maximum absolute atomic E-state index is 7.43. The Balaban J connectivity index is 1.02. The monoisotopic (exact) mass is 1330 g/mol. The highest BCUT2D eigenvalue weighted by Crippen LogP contribution is 2.45. The highest BCUT2D eigenvalue weighted by Gasteiger charge is 2.31. The minimum absolute atomic E-state index is 0.172. The fourth-order valence-electron chi connectivity index (χ4n) is 13.0. The van der Waals surface area contributed by atoms with Crippen LogP contribution in [-0.2, 0) is 99.9 Å². The van der Waals surface area contributed by atoms with Crippen LogP contribution in [0, 0.1) is 0 Å². The Kier molecular flexibility index (Phi) is 19.6. The molecule has 16 heteroatoms. The summed E-state index contributed by atoms with van der Waals surface area (Å²) in [6.45, 7) is 30.4. The summed E-state index contributed by atoms with van der Waals surface area (Å²) in [6.07, 6.45) is 9.75. The third kappa shape index (κ3) is 16.8. The molecule has 0 N–H and O–H groups in total. The number of fused-ring (bicyclic) bond motifs is 8. The summed E-state index contributed by atoms with van der Waals surface area (Å²) in [5.74, 6) is 3.07. The van der Waals surface area contributed by atoms with Gasteiger partial charge in [0.2, 0.25) is 0 Å². The van der Waals surface area contributed by atoms with Gasteiger partial charge in [0.25, 0.3) is 0 Å². The number of aromatic nitrogens is 12. The summed E-state index contributed by atoms with van der Waals surface area (Å²) < 4.78 is 37.2. The van der Waals surface area contributed by atoms with E-state index in [9.17, 15) is 0 Å². The molecule has 0 radical (unpaired) electrons. The average Bonchev–Trinajstić information content (AvgIpc) is 0.907. The quantitative estimate of drug-likeness (QED) is 0.0712. The lowest BCUT2D eigenvalue weighted by Gasteiger charge is -2.29. The van der Waals surface area contributed by atoms with Crippen LogP contribution in [0.2, 0.25) is 0 Å². The van der Waals surface area contributed by atoms with Gasteiger partial charge in [-0.3, -0.25) is 0 Å². The molecule has 8 aromatic carbocycles. The molecule has 512 valence electrons. The number of ether oxygens (including phenoxy) is 4. The van der Waals surface area contributed by atoms with Gasteiger partial charge in [0.1, 0.15) is 72.2 Å². The zero-order valence-electron chi connectivity index (χ0n) is 60.0. The standard InChI is InChI=1S/C84H92N12O4/c1-81(2,3)69-37-61-33-63-39-70(82(4,5)6)41-65(78(63)98-54-74-50-94(90-86-74)46-58-27-19-14-20-28-58)35-67-43-72(84(10,11)12)44-68(80(67)100-56-76-52-96(92-88-76)48-60-31-23-16-24-32-60)36-66-42-71(83(7,8)9)40-64(79(66)99-55-75-51-95(91-87-75)47-59-29-21-15-22-30-59)34-62(38-69)77(61)97-53-73-49-93(89-85-73)45-57-25-17-13-18-26-57/h13-32,37-44,49-52H,33-36,45-48,53-56H2,1-12H3. The van der Waals surface area contributed by atoms with Crippen molar-refractivity contribution in [1.29, 1.82) is 0 Å². The second kappa shape index (κ2) is 28.8. The molecule has 100 heavy (non-hydrogen) atoms. The van der Waals surface area contributed by atoms with Gasteiger partial charge in [-0.15, -0.1) is 20.4 Å². The number of rotatable bonds is 20. The van der Waals surface area contributed by atoms with Crippen molar-refractivity contribution in [2.45, 2.75) is 183 Å². The van der Waals surface area contributed by atoms with Crippen molar-refractivity contribution < 1.29 is 18.9 Å². The first-order chi connectivity index (χ1) is 47.9. The van der Waals surface area contributed by atoms with Crippen LogP contribution in [0.15, 0.2) is 195 Å². The van der Waals surface area contributed by atoms with Crippen LogP contribution in [0.25, 0.3) is 0 Å². The summed E-state index contributed by atoms with van der Waals surface area (Å²) in [6, 6.07) is 60.1. The normalized spacial score (nSPS) is 12.8. The highest BCUT2D eigenvalue weighted by molar-refractivity contribution is 5.60. The maximum Gasteiger partial charge on any atom is 0.134 e. The fourth-order valence-corrected chi connectivity index (χ4v) is 13.0. The van der Waals surface area contributed by atoms with Gasteiger partial charge in [-0.05, 0) is 111 Å². The molecule has 4 heterocycles. The van der Waals surface area contributed by atoms with E-state index >= 15 is 0 Å².